The molecule has 1 aliphatic heterocycles. The fourth-order valence-corrected chi connectivity index (χ4v) is 6.45. The summed E-state index contributed by atoms with van der Waals surface area (Å²) in [5.41, 5.74) is 2.13. The zero-order valence-electron chi connectivity index (χ0n) is 20.8. The number of nitrogens with zero attached hydrogens (tertiary/aromatic N) is 4. The van der Waals surface area contributed by atoms with E-state index in [0.29, 0.717) is 23.1 Å². The lowest BCUT2D eigenvalue weighted by molar-refractivity contribution is -0.0105. The van der Waals surface area contributed by atoms with Crippen molar-refractivity contribution in [1.82, 2.24) is 25.2 Å². The molecule has 1 amide bonds. The van der Waals surface area contributed by atoms with E-state index in [0.717, 1.165) is 76.0 Å². The van der Waals surface area contributed by atoms with Crippen LogP contribution in [0.25, 0.3) is 10.9 Å². The Kier molecular flexibility index (Phi) is 5.66. The van der Waals surface area contributed by atoms with Crippen LogP contribution in [-0.4, -0.2) is 51.4 Å². The Morgan fingerprint density at radius 1 is 1.28 bits per heavy atom. The highest BCUT2D eigenvalue weighted by molar-refractivity contribution is 6.06. The molecule has 3 aromatic rings. The molecule has 6 rings (SSSR count). The Labute approximate surface area is 209 Å². The average molecular weight is 498 g/mol. The van der Waals surface area contributed by atoms with E-state index in [1.165, 1.54) is 6.07 Å². The number of likely N-dealkylation sites (tertiary alicyclic amines) is 1. The molecule has 0 radical (unpaired) electrons. The quantitative estimate of drug-likeness (QED) is 0.515. The van der Waals surface area contributed by atoms with Gasteiger partial charge in [-0.1, -0.05) is 11.2 Å². The summed E-state index contributed by atoms with van der Waals surface area (Å²) in [6, 6.07) is 7.35. The van der Waals surface area contributed by atoms with Gasteiger partial charge in [0.1, 0.15) is 0 Å². The number of hydrogen-bond acceptors (Lipinski definition) is 5. The molecule has 9 heteroatoms. The molecule has 36 heavy (non-hydrogen) atoms. The standard InChI is InChI=1S/C27H33F2N5O2/c1-26(28,29)24-12-23(32-36-24)27-13-18(27)14-34(16-27)11-10-17-6-8-19(9-7-17)30-25(35)20-4-3-5-22-21(20)15-33(2)31-22/h3-5,12,15,17-19H,6-11,13-14,16H2,1-2H3,(H,30,35)/t17?,18-,19?,27-/m0/s1. The second-order valence-corrected chi connectivity index (χ2v) is 11.3. The molecule has 7 nitrogen and oxygen atoms in total. The van der Waals surface area contributed by atoms with Gasteiger partial charge in [0.25, 0.3) is 5.91 Å². The van der Waals surface area contributed by atoms with Crippen molar-refractivity contribution in [3.63, 3.8) is 0 Å². The zero-order chi connectivity index (χ0) is 25.1. The predicted octanol–water partition coefficient (Wildman–Crippen LogP) is 4.63. The van der Waals surface area contributed by atoms with Gasteiger partial charge < -0.3 is 14.7 Å². The van der Waals surface area contributed by atoms with Crippen LogP contribution in [0.5, 0.6) is 0 Å². The van der Waals surface area contributed by atoms with E-state index < -0.39 is 5.92 Å². The van der Waals surface area contributed by atoms with Crippen LogP contribution in [0.3, 0.4) is 0 Å². The van der Waals surface area contributed by atoms with E-state index in [4.69, 9.17) is 4.52 Å². The van der Waals surface area contributed by atoms with Crippen LogP contribution in [0.15, 0.2) is 35.0 Å². The Morgan fingerprint density at radius 2 is 2.08 bits per heavy atom. The summed E-state index contributed by atoms with van der Waals surface area (Å²) in [6.45, 7) is 3.76. The van der Waals surface area contributed by atoms with Crippen molar-refractivity contribution < 1.29 is 18.1 Å². The van der Waals surface area contributed by atoms with Crippen LogP contribution in [-0.2, 0) is 18.4 Å². The maximum absolute atomic E-state index is 13.6. The topological polar surface area (TPSA) is 76.2 Å². The fourth-order valence-electron chi connectivity index (χ4n) is 6.45. The molecule has 2 atom stereocenters. The number of piperidine rings is 1. The molecule has 2 saturated carbocycles. The summed E-state index contributed by atoms with van der Waals surface area (Å²) in [4.78, 5) is 15.4. The smallest absolute Gasteiger partial charge is 0.304 e. The highest BCUT2D eigenvalue weighted by Crippen LogP contribution is 2.59. The van der Waals surface area contributed by atoms with Crippen molar-refractivity contribution in [3.05, 3.63) is 47.5 Å². The SMILES string of the molecule is Cn1cc2c(C(=O)NC3CCC(CCN4C[C@@H]5C[C@]5(c5cc(C(C)(F)F)on5)C4)CC3)cccc2n1. The van der Waals surface area contributed by atoms with Gasteiger partial charge in [0, 0.05) is 56.2 Å². The number of fused-ring (bicyclic) bond motifs is 2. The first-order chi connectivity index (χ1) is 17.2. The van der Waals surface area contributed by atoms with Gasteiger partial charge in [-0.25, -0.2) is 0 Å². The maximum Gasteiger partial charge on any atom is 0.304 e. The highest BCUT2D eigenvalue weighted by Gasteiger charge is 2.62. The molecule has 0 unspecified atom stereocenters. The van der Waals surface area contributed by atoms with Crippen molar-refractivity contribution in [2.45, 2.75) is 62.8 Å². The molecule has 1 aromatic carbocycles. The van der Waals surface area contributed by atoms with Crippen LogP contribution >= 0.6 is 0 Å². The number of alkyl halides is 2. The zero-order valence-corrected chi connectivity index (χ0v) is 20.8. The van der Waals surface area contributed by atoms with Gasteiger partial charge >= 0.3 is 5.92 Å². The lowest BCUT2D eigenvalue weighted by Crippen LogP contribution is -2.38. The van der Waals surface area contributed by atoms with E-state index in [9.17, 15) is 13.6 Å². The molecular weight excluding hydrogens is 464 g/mol. The summed E-state index contributed by atoms with van der Waals surface area (Å²) in [5, 5.41) is 12.5. The number of benzene rings is 1. The minimum Gasteiger partial charge on any atom is -0.355 e. The number of hydrogen-bond donors (Lipinski definition) is 1. The molecule has 0 spiro atoms. The van der Waals surface area contributed by atoms with Gasteiger partial charge in [0.15, 0.2) is 0 Å². The normalized spacial score (nSPS) is 28.4. The van der Waals surface area contributed by atoms with Crippen molar-refractivity contribution in [2.75, 3.05) is 19.6 Å². The molecule has 2 aliphatic carbocycles. The van der Waals surface area contributed by atoms with Crippen molar-refractivity contribution in [1.29, 1.82) is 0 Å². The summed E-state index contributed by atoms with van der Waals surface area (Å²) < 4.78 is 33.8. The first kappa shape index (κ1) is 23.6. The molecule has 1 N–H and O–H groups in total. The van der Waals surface area contributed by atoms with Crippen LogP contribution in [0.1, 0.15) is 67.3 Å². The third-order valence-electron chi connectivity index (χ3n) is 8.61. The number of carbonyl (C=O) groups excluding carboxylic acids is 1. The van der Waals surface area contributed by atoms with E-state index in [1.54, 1.807) is 4.68 Å². The van der Waals surface area contributed by atoms with Crippen molar-refractivity contribution in [2.24, 2.45) is 18.9 Å². The lowest BCUT2D eigenvalue weighted by atomic mass is 9.84. The Hall–Kier alpha value is -2.81. The van der Waals surface area contributed by atoms with Crippen molar-refractivity contribution >= 4 is 16.8 Å². The number of aromatic nitrogens is 3. The summed E-state index contributed by atoms with van der Waals surface area (Å²) >= 11 is 0. The number of carbonyl (C=O) groups is 1. The number of nitrogens with one attached hydrogen (secondary N) is 1. The van der Waals surface area contributed by atoms with Gasteiger partial charge in [-0.15, -0.1) is 0 Å². The average Bonchev–Trinajstić information content (AvgIpc) is 3.24. The van der Waals surface area contributed by atoms with Crippen LogP contribution in [0.4, 0.5) is 8.78 Å². The van der Waals surface area contributed by atoms with Gasteiger partial charge in [-0.05, 0) is 69.0 Å². The van der Waals surface area contributed by atoms with Crippen LogP contribution < -0.4 is 5.32 Å². The number of aryl methyl sites for hydroxylation is 1. The Bertz CT molecular complexity index is 1270. The molecule has 1 saturated heterocycles. The maximum atomic E-state index is 13.6. The minimum absolute atomic E-state index is 0.0181. The predicted molar refractivity (Wildman–Crippen MR) is 131 cm³/mol. The largest absolute Gasteiger partial charge is 0.355 e. The molecule has 0 bridgehead atoms. The molecule has 2 aromatic heterocycles. The molecule has 3 aliphatic rings. The first-order valence-corrected chi connectivity index (χ1v) is 13.0. The summed E-state index contributed by atoms with van der Waals surface area (Å²) in [7, 11) is 1.87. The molecule has 3 heterocycles. The number of amides is 1. The van der Waals surface area contributed by atoms with Crippen molar-refractivity contribution in [3.8, 4) is 0 Å². The fraction of sp³-hybridized carbons (Fsp3) is 0.593. The second kappa shape index (κ2) is 8.64. The second-order valence-electron chi connectivity index (χ2n) is 11.3. The lowest BCUT2D eigenvalue weighted by Gasteiger charge is -2.30. The third kappa shape index (κ3) is 4.31. The van der Waals surface area contributed by atoms with Crippen LogP contribution in [0.2, 0.25) is 0 Å². The summed E-state index contributed by atoms with van der Waals surface area (Å²) in [6.07, 6.45) is 8.27. The number of halogens is 2. The van der Waals surface area contributed by atoms with E-state index in [2.05, 4.69) is 20.5 Å². The minimum atomic E-state index is -2.99. The van der Waals surface area contributed by atoms with Crippen LogP contribution in [0, 0.1) is 11.8 Å². The highest BCUT2D eigenvalue weighted by atomic mass is 19.3. The van der Waals surface area contributed by atoms with E-state index >= 15 is 0 Å². The Balaban J connectivity index is 0.972. The molecule has 3 fully saturated rings. The number of rotatable bonds is 7. The monoisotopic (exact) mass is 497 g/mol. The van der Waals surface area contributed by atoms with E-state index in [-0.39, 0.29) is 23.1 Å². The van der Waals surface area contributed by atoms with Gasteiger partial charge in [0.2, 0.25) is 5.76 Å². The van der Waals surface area contributed by atoms with Gasteiger partial charge in [-0.2, -0.15) is 13.9 Å². The summed E-state index contributed by atoms with van der Waals surface area (Å²) in [5.74, 6) is -2.19. The first-order valence-electron chi connectivity index (χ1n) is 13.0. The molecule has 192 valence electrons. The van der Waals surface area contributed by atoms with Gasteiger partial charge in [0.05, 0.1) is 16.8 Å². The van der Waals surface area contributed by atoms with Gasteiger partial charge in [-0.3, -0.25) is 9.48 Å². The third-order valence-corrected chi connectivity index (χ3v) is 8.61. The molecular formula is C27H33F2N5O2. The Morgan fingerprint density at radius 3 is 2.83 bits per heavy atom. The van der Waals surface area contributed by atoms with E-state index in [1.807, 2.05) is 31.4 Å².